The third kappa shape index (κ3) is 4.40. The van der Waals surface area contributed by atoms with E-state index in [1.165, 1.54) is 10.4 Å². The van der Waals surface area contributed by atoms with Crippen molar-refractivity contribution in [2.75, 3.05) is 6.54 Å². The summed E-state index contributed by atoms with van der Waals surface area (Å²) in [6.45, 7) is 3.03. The van der Waals surface area contributed by atoms with Gasteiger partial charge >= 0.3 is 0 Å². The molecule has 0 atom stereocenters. The molecule has 1 aromatic carbocycles. The van der Waals surface area contributed by atoms with Gasteiger partial charge in [0.15, 0.2) is 0 Å². The van der Waals surface area contributed by atoms with Crippen LogP contribution in [-0.4, -0.2) is 22.0 Å². The minimum Gasteiger partial charge on any atom is -0.354 e. The number of carbonyl (C=O) groups is 1. The number of nitrogens with zero attached hydrogens (tertiary/aromatic N) is 2. The number of amides is 1. The number of thiazole rings is 1. The molecule has 4 nitrogen and oxygen atoms in total. The Bertz CT molecular complexity index is 1050. The Labute approximate surface area is 172 Å². The molecule has 6 heteroatoms. The standard InChI is InChI=1S/C22H21N3OS2/c1-16-6-8-17(9-7-16)19-15-28-22(24-19)20-5-2-12-25(20)14-21(26)23-11-10-18-4-3-13-27-18/h2-9,12-13,15H,10-11,14H2,1H3,(H,23,26). The Balaban J connectivity index is 1.41. The van der Waals surface area contributed by atoms with Crippen LogP contribution in [0.2, 0.25) is 0 Å². The van der Waals surface area contributed by atoms with Crippen LogP contribution < -0.4 is 5.32 Å². The molecular weight excluding hydrogens is 386 g/mol. The molecule has 0 radical (unpaired) electrons. The minimum atomic E-state index is 0.0179. The summed E-state index contributed by atoms with van der Waals surface area (Å²) in [4.78, 5) is 18.4. The zero-order valence-corrected chi connectivity index (χ0v) is 17.2. The molecule has 4 rings (SSSR count). The fourth-order valence-electron chi connectivity index (χ4n) is 2.98. The highest BCUT2D eigenvalue weighted by Gasteiger charge is 2.12. The average Bonchev–Trinajstić information content (AvgIpc) is 3.44. The van der Waals surface area contributed by atoms with Gasteiger partial charge in [-0.25, -0.2) is 4.98 Å². The molecule has 0 aliphatic rings. The van der Waals surface area contributed by atoms with Gasteiger partial charge in [0.1, 0.15) is 11.6 Å². The van der Waals surface area contributed by atoms with Gasteiger partial charge in [0.25, 0.3) is 0 Å². The van der Waals surface area contributed by atoms with Gasteiger partial charge in [0.2, 0.25) is 5.91 Å². The van der Waals surface area contributed by atoms with E-state index in [-0.39, 0.29) is 5.91 Å². The average molecular weight is 408 g/mol. The molecule has 0 unspecified atom stereocenters. The molecule has 4 aromatic rings. The van der Waals surface area contributed by atoms with Crippen LogP contribution in [0.3, 0.4) is 0 Å². The van der Waals surface area contributed by atoms with E-state index in [1.54, 1.807) is 22.7 Å². The van der Waals surface area contributed by atoms with Gasteiger partial charge in [-0.2, -0.15) is 0 Å². The highest BCUT2D eigenvalue weighted by molar-refractivity contribution is 7.13. The van der Waals surface area contributed by atoms with Crippen LogP contribution in [0.1, 0.15) is 10.4 Å². The van der Waals surface area contributed by atoms with Crippen LogP contribution in [0, 0.1) is 6.92 Å². The third-order valence-corrected chi connectivity index (χ3v) is 6.29. The number of aromatic nitrogens is 2. The summed E-state index contributed by atoms with van der Waals surface area (Å²) < 4.78 is 1.96. The van der Waals surface area contributed by atoms with Crippen LogP contribution in [-0.2, 0) is 17.8 Å². The van der Waals surface area contributed by atoms with Crippen LogP contribution >= 0.6 is 22.7 Å². The molecule has 28 heavy (non-hydrogen) atoms. The maximum Gasteiger partial charge on any atom is 0.239 e. The smallest absolute Gasteiger partial charge is 0.239 e. The second kappa shape index (κ2) is 8.54. The van der Waals surface area contributed by atoms with E-state index in [0.717, 1.165) is 28.4 Å². The van der Waals surface area contributed by atoms with Gasteiger partial charge < -0.3 is 9.88 Å². The number of benzene rings is 1. The van der Waals surface area contributed by atoms with Crippen molar-refractivity contribution < 1.29 is 4.79 Å². The Kier molecular flexibility index (Phi) is 5.69. The molecule has 0 fully saturated rings. The normalized spacial score (nSPS) is 10.9. The van der Waals surface area contributed by atoms with Crippen LogP contribution in [0.15, 0.2) is 65.5 Å². The molecule has 0 saturated heterocycles. The first kappa shape index (κ1) is 18.7. The summed E-state index contributed by atoms with van der Waals surface area (Å²) >= 11 is 3.32. The van der Waals surface area contributed by atoms with Crippen molar-refractivity contribution in [2.24, 2.45) is 0 Å². The lowest BCUT2D eigenvalue weighted by molar-refractivity contribution is -0.121. The molecule has 3 heterocycles. The predicted octanol–water partition coefficient (Wildman–Crippen LogP) is 5.01. The van der Waals surface area contributed by atoms with E-state index < -0.39 is 0 Å². The minimum absolute atomic E-state index is 0.0179. The fraction of sp³-hybridized carbons (Fsp3) is 0.182. The van der Waals surface area contributed by atoms with E-state index in [2.05, 4.69) is 53.3 Å². The van der Waals surface area contributed by atoms with Crippen molar-refractivity contribution >= 4 is 28.6 Å². The van der Waals surface area contributed by atoms with Crippen LogP contribution in [0.5, 0.6) is 0 Å². The van der Waals surface area contributed by atoms with Gasteiger partial charge in [-0.3, -0.25) is 4.79 Å². The Morgan fingerprint density at radius 2 is 1.96 bits per heavy atom. The molecule has 0 spiro atoms. The lowest BCUT2D eigenvalue weighted by Crippen LogP contribution is -2.29. The molecule has 0 saturated carbocycles. The van der Waals surface area contributed by atoms with Crippen LogP contribution in [0.4, 0.5) is 0 Å². The second-order valence-electron chi connectivity index (χ2n) is 6.60. The first-order valence-corrected chi connectivity index (χ1v) is 10.9. The summed E-state index contributed by atoms with van der Waals surface area (Å²) in [5, 5.41) is 8.05. The van der Waals surface area contributed by atoms with Crippen molar-refractivity contribution in [3.63, 3.8) is 0 Å². The SMILES string of the molecule is Cc1ccc(-c2csc(-c3cccn3CC(=O)NCCc3cccs3)n2)cc1. The van der Waals surface area contributed by atoms with Crippen molar-refractivity contribution in [2.45, 2.75) is 19.9 Å². The molecule has 1 N–H and O–H groups in total. The second-order valence-corrected chi connectivity index (χ2v) is 8.49. The van der Waals surface area contributed by atoms with E-state index in [4.69, 9.17) is 4.98 Å². The summed E-state index contributed by atoms with van der Waals surface area (Å²) in [6.07, 6.45) is 2.80. The van der Waals surface area contributed by atoms with Crippen molar-refractivity contribution in [1.29, 1.82) is 0 Å². The number of thiophene rings is 1. The molecular formula is C22H21N3OS2. The molecule has 1 amide bonds. The van der Waals surface area contributed by atoms with Crippen molar-refractivity contribution in [3.05, 3.63) is 75.9 Å². The molecule has 3 aromatic heterocycles. The molecule has 0 aliphatic carbocycles. The third-order valence-electron chi connectivity index (χ3n) is 4.49. The molecule has 0 aliphatic heterocycles. The summed E-state index contributed by atoms with van der Waals surface area (Å²) in [5.41, 5.74) is 4.28. The number of hydrogen-bond acceptors (Lipinski definition) is 4. The predicted molar refractivity (Wildman–Crippen MR) is 117 cm³/mol. The Morgan fingerprint density at radius 3 is 2.75 bits per heavy atom. The Hall–Kier alpha value is -2.70. The highest BCUT2D eigenvalue weighted by atomic mass is 32.1. The summed E-state index contributed by atoms with van der Waals surface area (Å²) in [7, 11) is 0. The maximum atomic E-state index is 12.3. The summed E-state index contributed by atoms with van der Waals surface area (Å²) in [6, 6.07) is 16.5. The first-order chi connectivity index (χ1) is 13.7. The number of rotatable bonds is 7. The molecule has 142 valence electrons. The Morgan fingerprint density at radius 1 is 1.11 bits per heavy atom. The van der Waals surface area contributed by atoms with Crippen molar-refractivity contribution in [3.8, 4) is 22.0 Å². The van der Waals surface area contributed by atoms with E-state index in [0.29, 0.717) is 13.1 Å². The topological polar surface area (TPSA) is 46.9 Å². The van der Waals surface area contributed by atoms with Gasteiger partial charge in [-0.05, 0) is 36.9 Å². The van der Waals surface area contributed by atoms with Crippen molar-refractivity contribution in [1.82, 2.24) is 14.9 Å². The number of nitrogens with one attached hydrogen (secondary N) is 1. The quantitative estimate of drug-likeness (QED) is 0.468. The summed E-state index contributed by atoms with van der Waals surface area (Å²) in [5.74, 6) is 0.0179. The van der Waals surface area contributed by atoms with Gasteiger partial charge in [0.05, 0.1) is 11.4 Å². The first-order valence-electron chi connectivity index (χ1n) is 9.16. The van der Waals surface area contributed by atoms with E-state index >= 15 is 0 Å². The zero-order chi connectivity index (χ0) is 19.3. The van der Waals surface area contributed by atoms with E-state index in [9.17, 15) is 4.79 Å². The number of hydrogen-bond donors (Lipinski definition) is 1. The monoisotopic (exact) mass is 407 g/mol. The van der Waals surface area contributed by atoms with Crippen LogP contribution in [0.25, 0.3) is 22.0 Å². The van der Waals surface area contributed by atoms with E-state index in [1.807, 2.05) is 29.0 Å². The highest BCUT2D eigenvalue weighted by Crippen LogP contribution is 2.29. The fourth-order valence-corrected chi connectivity index (χ4v) is 4.56. The molecule has 0 bridgehead atoms. The zero-order valence-electron chi connectivity index (χ0n) is 15.6. The maximum absolute atomic E-state index is 12.3. The lowest BCUT2D eigenvalue weighted by Gasteiger charge is -2.08. The van der Waals surface area contributed by atoms with Gasteiger partial charge in [-0.1, -0.05) is 35.9 Å². The van der Waals surface area contributed by atoms with Gasteiger partial charge in [-0.15, -0.1) is 22.7 Å². The largest absolute Gasteiger partial charge is 0.354 e. The lowest BCUT2D eigenvalue weighted by atomic mass is 10.1. The number of aryl methyl sites for hydroxylation is 1. The number of carbonyl (C=O) groups excluding carboxylic acids is 1. The van der Waals surface area contributed by atoms with Gasteiger partial charge in [0, 0.05) is 28.6 Å².